The largest absolute Gasteiger partial charge is 0.261 e. The normalized spacial score (nSPS) is 12.6. The van der Waals surface area contributed by atoms with Gasteiger partial charge in [-0.1, -0.05) is 18.2 Å². The number of rotatable bonds is 4. The first-order valence-corrected chi connectivity index (χ1v) is 8.77. The molecule has 0 N–H and O–H groups in total. The Balaban J connectivity index is 3.06. The topological polar surface area (TPSA) is 68.3 Å². The minimum absolute atomic E-state index is 0.0275. The van der Waals surface area contributed by atoms with Crippen molar-refractivity contribution in [3.63, 3.8) is 0 Å². The van der Waals surface area contributed by atoms with Gasteiger partial charge in [-0.15, -0.1) is 0 Å². The SMILES string of the molecule is CS(=O)(=O)CCc1ccccc1S(=O)(=O)Cl. The van der Waals surface area contributed by atoms with Gasteiger partial charge in [-0.05, 0) is 18.1 Å². The first-order valence-electron chi connectivity index (χ1n) is 4.40. The van der Waals surface area contributed by atoms with Gasteiger partial charge in [0.2, 0.25) is 0 Å². The van der Waals surface area contributed by atoms with Crippen molar-refractivity contribution in [2.45, 2.75) is 11.3 Å². The molecule has 0 radical (unpaired) electrons. The van der Waals surface area contributed by atoms with Gasteiger partial charge < -0.3 is 0 Å². The maximum absolute atomic E-state index is 11.2. The molecule has 4 nitrogen and oxygen atoms in total. The van der Waals surface area contributed by atoms with Gasteiger partial charge in [0.1, 0.15) is 9.84 Å². The van der Waals surface area contributed by atoms with Crippen LogP contribution in [0.5, 0.6) is 0 Å². The first-order chi connectivity index (χ1) is 7.20. The van der Waals surface area contributed by atoms with Crippen molar-refractivity contribution in [2.75, 3.05) is 12.0 Å². The van der Waals surface area contributed by atoms with Crippen molar-refractivity contribution in [3.8, 4) is 0 Å². The number of hydrogen-bond acceptors (Lipinski definition) is 4. The lowest BCUT2D eigenvalue weighted by molar-refractivity contribution is 0.599. The summed E-state index contributed by atoms with van der Waals surface area (Å²) >= 11 is 0. The molecule has 0 spiro atoms. The van der Waals surface area contributed by atoms with Crippen LogP contribution in [0.4, 0.5) is 0 Å². The molecular weight excluding hydrogens is 272 g/mol. The molecule has 0 fully saturated rings. The van der Waals surface area contributed by atoms with Crippen LogP contribution in [0.25, 0.3) is 0 Å². The molecule has 0 aliphatic heterocycles. The third-order valence-corrected chi connectivity index (χ3v) is 4.35. The molecule has 0 unspecified atom stereocenters. The van der Waals surface area contributed by atoms with Crippen molar-refractivity contribution in [3.05, 3.63) is 29.8 Å². The summed E-state index contributed by atoms with van der Waals surface area (Å²) < 4.78 is 44.4. The zero-order valence-electron chi connectivity index (χ0n) is 8.55. The highest BCUT2D eigenvalue weighted by Crippen LogP contribution is 2.20. The van der Waals surface area contributed by atoms with E-state index in [9.17, 15) is 16.8 Å². The Morgan fingerprint density at radius 3 is 2.19 bits per heavy atom. The van der Waals surface area contributed by atoms with E-state index in [0.717, 1.165) is 6.26 Å². The van der Waals surface area contributed by atoms with Gasteiger partial charge in [0, 0.05) is 16.9 Å². The fourth-order valence-corrected chi connectivity index (χ4v) is 3.01. The van der Waals surface area contributed by atoms with Gasteiger partial charge in [0.25, 0.3) is 9.05 Å². The van der Waals surface area contributed by atoms with Crippen LogP contribution in [0, 0.1) is 0 Å². The molecule has 1 rings (SSSR count). The summed E-state index contributed by atoms with van der Waals surface area (Å²) in [7, 11) is -1.71. The smallest absolute Gasteiger partial charge is 0.229 e. The summed E-state index contributed by atoms with van der Waals surface area (Å²) in [6.07, 6.45) is 1.24. The minimum atomic E-state index is -3.82. The summed E-state index contributed by atoms with van der Waals surface area (Å²) in [5.74, 6) is -0.101. The van der Waals surface area contributed by atoms with Crippen molar-refractivity contribution >= 4 is 29.6 Å². The number of benzene rings is 1. The standard InChI is InChI=1S/C9H11ClO4S2/c1-15(11,12)7-6-8-4-2-3-5-9(8)16(10,13)14/h2-5H,6-7H2,1H3. The minimum Gasteiger partial charge on any atom is -0.229 e. The Kier molecular flexibility index (Phi) is 3.98. The van der Waals surface area contributed by atoms with Crippen LogP contribution in [0.2, 0.25) is 0 Å². The highest BCUT2D eigenvalue weighted by Gasteiger charge is 2.15. The molecule has 0 atom stereocenters. The molecule has 16 heavy (non-hydrogen) atoms. The molecular formula is C9H11ClO4S2. The summed E-state index contributed by atoms with van der Waals surface area (Å²) in [5, 5.41) is 0. The Morgan fingerprint density at radius 1 is 1.12 bits per heavy atom. The Bertz CT molecular complexity index is 575. The van der Waals surface area contributed by atoms with Crippen molar-refractivity contribution in [1.29, 1.82) is 0 Å². The maximum atomic E-state index is 11.2. The Hall–Kier alpha value is -0.590. The first kappa shape index (κ1) is 13.5. The van der Waals surface area contributed by atoms with E-state index in [1.54, 1.807) is 18.2 Å². The van der Waals surface area contributed by atoms with Crippen LogP contribution in [-0.2, 0) is 25.3 Å². The van der Waals surface area contributed by atoms with Crippen molar-refractivity contribution < 1.29 is 16.8 Å². The molecule has 90 valence electrons. The van der Waals surface area contributed by atoms with Crippen LogP contribution < -0.4 is 0 Å². The van der Waals surface area contributed by atoms with Gasteiger partial charge in [-0.2, -0.15) is 0 Å². The van der Waals surface area contributed by atoms with Crippen LogP contribution in [-0.4, -0.2) is 28.8 Å². The van der Waals surface area contributed by atoms with Gasteiger partial charge in [-0.3, -0.25) is 0 Å². The summed E-state index contributed by atoms with van der Waals surface area (Å²) in [6, 6.07) is 6.10. The molecule has 1 aromatic carbocycles. The summed E-state index contributed by atoms with van der Waals surface area (Å²) in [6.45, 7) is 0. The monoisotopic (exact) mass is 282 g/mol. The predicted molar refractivity (Wildman–Crippen MR) is 62.9 cm³/mol. The van der Waals surface area contributed by atoms with E-state index < -0.39 is 18.9 Å². The van der Waals surface area contributed by atoms with Crippen LogP contribution in [0.3, 0.4) is 0 Å². The van der Waals surface area contributed by atoms with Crippen LogP contribution in [0.15, 0.2) is 29.2 Å². The van der Waals surface area contributed by atoms with E-state index in [2.05, 4.69) is 0 Å². The molecule has 0 saturated heterocycles. The molecule has 1 aromatic rings. The van der Waals surface area contributed by atoms with E-state index in [-0.39, 0.29) is 17.1 Å². The van der Waals surface area contributed by atoms with Crippen molar-refractivity contribution in [1.82, 2.24) is 0 Å². The molecule has 0 heterocycles. The second-order valence-electron chi connectivity index (χ2n) is 3.43. The fraction of sp³-hybridized carbons (Fsp3) is 0.333. The van der Waals surface area contributed by atoms with Gasteiger partial charge in [0.05, 0.1) is 10.6 Å². The second-order valence-corrected chi connectivity index (χ2v) is 8.22. The molecule has 0 aliphatic rings. The Morgan fingerprint density at radius 2 is 1.69 bits per heavy atom. The van der Waals surface area contributed by atoms with Crippen molar-refractivity contribution in [2.24, 2.45) is 0 Å². The molecule has 0 amide bonds. The average Bonchev–Trinajstić information content (AvgIpc) is 2.12. The number of hydrogen-bond donors (Lipinski definition) is 0. The van der Waals surface area contributed by atoms with E-state index in [0.29, 0.717) is 5.56 Å². The molecule has 0 saturated carbocycles. The summed E-state index contributed by atoms with van der Waals surface area (Å²) in [5.41, 5.74) is 0.419. The molecule has 0 aliphatic carbocycles. The van der Waals surface area contributed by atoms with Gasteiger partial charge >= 0.3 is 0 Å². The summed E-state index contributed by atoms with van der Waals surface area (Å²) in [4.78, 5) is -0.0275. The highest BCUT2D eigenvalue weighted by molar-refractivity contribution is 8.13. The fourth-order valence-electron chi connectivity index (χ4n) is 1.24. The average molecular weight is 283 g/mol. The maximum Gasteiger partial charge on any atom is 0.261 e. The predicted octanol–water partition coefficient (Wildman–Crippen LogP) is 1.20. The van der Waals surface area contributed by atoms with Gasteiger partial charge in [-0.25, -0.2) is 16.8 Å². The highest BCUT2D eigenvalue weighted by atomic mass is 35.7. The van der Waals surface area contributed by atoms with E-state index in [1.807, 2.05) is 0 Å². The van der Waals surface area contributed by atoms with Crippen LogP contribution in [0.1, 0.15) is 5.56 Å². The lowest BCUT2D eigenvalue weighted by Gasteiger charge is -2.05. The lowest BCUT2D eigenvalue weighted by Crippen LogP contribution is -2.08. The third kappa shape index (κ3) is 4.11. The van der Waals surface area contributed by atoms with E-state index in [4.69, 9.17) is 10.7 Å². The van der Waals surface area contributed by atoms with E-state index >= 15 is 0 Å². The molecule has 0 bridgehead atoms. The van der Waals surface area contributed by atoms with E-state index in [1.165, 1.54) is 6.07 Å². The number of sulfone groups is 1. The molecule has 0 aromatic heterocycles. The number of aryl methyl sites for hydroxylation is 1. The third-order valence-electron chi connectivity index (χ3n) is 1.98. The van der Waals surface area contributed by atoms with Gasteiger partial charge in [0.15, 0.2) is 0 Å². The number of halogens is 1. The quantitative estimate of drug-likeness (QED) is 0.778. The lowest BCUT2D eigenvalue weighted by atomic mass is 10.2. The molecule has 7 heteroatoms. The zero-order valence-corrected chi connectivity index (χ0v) is 10.9. The Labute approximate surface area is 99.6 Å². The zero-order chi connectivity index (χ0) is 12.4. The van der Waals surface area contributed by atoms with Crippen LogP contribution >= 0.6 is 10.7 Å². The second kappa shape index (κ2) is 4.73.